The maximum Gasteiger partial charge on any atom is 0.319 e. The largest absolute Gasteiger partial charge is 0.335 e. The van der Waals surface area contributed by atoms with Crippen LogP contribution in [0, 0.1) is 5.82 Å². The van der Waals surface area contributed by atoms with E-state index in [-0.39, 0.29) is 17.8 Å². The molecule has 3 heterocycles. The minimum atomic E-state index is -0.412. The lowest BCUT2D eigenvalue weighted by Crippen LogP contribution is -2.56. The molecule has 138 valence electrons. The van der Waals surface area contributed by atoms with E-state index in [4.69, 9.17) is 0 Å². The third kappa shape index (κ3) is 3.91. The number of nitrogens with zero attached hydrogens (tertiary/aromatic N) is 1. The Morgan fingerprint density at radius 2 is 1.92 bits per heavy atom. The first-order chi connectivity index (χ1) is 12.7. The molecule has 26 heavy (non-hydrogen) atoms. The Morgan fingerprint density at radius 1 is 1.15 bits per heavy atom. The summed E-state index contributed by atoms with van der Waals surface area (Å²) < 4.78 is 13.7. The average Bonchev–Trinajstić information content (AvgIpc) is 3.11. The molecule has 2 fully saturated rings. The van der Waals surface area contributed by atoms with E-state index >= 15 is 0 Å². The number of carbonyl (C=O) groups is 1. The van der Waals surface area contributed by atoms with Crippen LogP contribution >= 0.6 is 11.3 Å². The van der Waals surface area contributed by atoms with Crippen LogP contribution in [0.25, 0.3) is 0 Å². The number of rotatable bonds is 4. The number of halogens is 1. The Labute approximate surface area is 157 Å². The molecule has 2 aliphatic heterocycles. The molecule has 1 aromatic carbocycles. The van der Waals surface area contributed by atoms with Gasteiger partial charge in [-0.1, -0.05) is 24.6 Å². The summed E-state index contributed by atoms with van der Waals surface area (Å²) in [4.78, 5) is 16.3. The molecule has 2 atom stereocenters. The fraction of sp³-hybridized carbons (Fsp3) is 0.450. The second kappa shape index (κ2) is 7.76. The number of piperidine rings is 2. The molecule has 1 aromatic heterocycles. The van der Waals surface area contributed by atoms with Gasteiger partial charge in [-0.15, -0.1) is 11.3 Å². The highest BCUT2D eigenvalue weighted by atomic mass is 32.1. The summed E-state index contributed by atoms with van der Waals surface area (Å²) in [5, 5.41) is 7.83. The summed E-state index contributed by atoms with van der Waals surface area (Å²) in [6, 6.07) is 11.4. The van der Waals surface area contributed by atoms with Gasteiger partial charge >= 0.3 is 6.03 Å². The van der Waals surface area contributed by atoms with Crippen molar-refractivity contribution >= 4 is 23.1 Å². The van der Waals surface area contributed by atoms with Crippen LogP contribution in [0.15, 0.2) is 41.8 Å². The van der Waals surface area contributed by atoms with Crippen molar-refractivity contribution in [3.05, 3.63) is 52.5 Å². The van der Waals surface area contributed by atoms with Gasteiger partial charge in [0.05, 0.1) is 5.69 Å². The summed E-state index contributed by atoms with van der Waals surface area (Å²) >= 11 is 1.81. The van der Waals surface area contributed by atoms with Crippen molar-refractivity contribution in [2.75, 3.05) is 5.32 Å². The number of fused-ring (bicyclic) bond motifs is 2. The lowest BCUT2D eigenvalue weighted by Gasteiger charge is -2.48. The van der Waals surface area contributed by atoms with Gasteiger partial charge in [0.1, 0.15) is 5.82 Å². The number of carbonyl (C=O) groups excluding carboxylic acids is 1. The van der Waals surface area contributed by atoms with Crippen molar-refractivity contribution < 1.29 is 9.18 Å². The smallest absolute Gasteiger partial charge is 0.319 e. The zero-order valence-electron chi connectivity index (χ0n) is 14.7. The van der Waals surface area contributed by atoms with Crippen LogP contribution in [0.4, 0.5) is 14.9 Å². The zero-order valence-corrected chi connectivity index (χ0v) is 15.5. The van der Waals surface area contributed by atoms with Gasteiger partial charge in [0.2, 0.25) is 0 Å². The number of urea groups is 1. The van der Waals surface area contributed by atoms with Crippen LogP contribution in [0.5, 0.6) is 0 Å². The average molecular weight is 373 g/mol. The summed E-state index contributed by atoms with van der Waals surface area (Å²) in [6.07, 6.45) is 5.58. The van der Waals surface area contributed by atoms with E-state index in [1.54, 1.807) is 18.2 Å². The normalized spacial score (nSPS) is 25.7. The minimum Gasteiger partial charge on any atom is -0.335 e. The molecule has 2 N–H and O–H groups in total. The summed E-state index contributed by atoms with van der Waals surface area (Å²) in [5.74, 6) is -0.412. The molecule has 2 saturated heterocycles. The number of thiophene rings is 1. The Kier molecular flexibility index (Phi) is 5.22. The molecular weight excluding hydrogens is 349 g/mol. The second-order valence-electron chi connectivity index (χ2n) is 7.24. The zero-order chi connectivity index (χ0) is 17.9. The molecule has 6 heteroatoms. The van der Waals surface area contributed by atoms with Gasteiger partial charge in [0.25, 0.3) is 0 Å². The number of hydrogen-bond acceptors (Lipinski definition) is 3. The van der Waals surface area contributed by atoms with Crippen LogP contribution in [0.1, 0.15) is 37.0 Å². The quantitative estimate of drug-likeness (QED) is 0.823. The Balaban J connectivity index is 1.36. The van der Waals surface area contributed by atoms with Crippen molar-refractivity contribution in [2.45, 2.75) is 56.8 Å². The molecule has 0 saturated carbocycles. The Hall–Kier alpha value is -1.92. The number of nitrogens with one attached hydrogen (secondary N) is 2. The third-order valence-corrected chi connectivity index (χ3v) is 6.36. The van der Waals surface area contributed by atoms with Crippen LogP contribution in [-0.4, -0.2) is 29.1 Å². The van der Waals surface area contributed by atoms with Gasteiger partial charge in [0.15, 0.2) is 0 Å². The summed E-state index contributed by atoms with van der Waals surface area (Å²) in [6.45, 7) is 1.02. The van der Waals surface area contributed by atoms with Crippen LogP contribution in [0.3, 0.4) is 0 Å². The fourth-order valence-corrected chi connectivity index (χ4v) is 5.06. The van der Waals surface area contributed by atoms with Crippen LogP contribution in [-0.2, 0) is 6.54 Å². The summed E-state index contributed by atoms with van der Waals surface area (Å²) in [7, 11) is 0. The first-order valence-corrected chi connectivity index (χ1v) is 10.2. The molecule has 4 rings (SSSR count). The molecule has 0 radical (unpaired) electrons. The lowest BCUT2D eigenvalue weighted by molar-refractivity contribution is 0.0208. The van der Waals surface area contributed by atoms with E-state index in [9.17, 15) is 9.18 Å². The number of para-hydroxylation sites is 1. The van der Waals surface area contributed by atoms with Crippen molar-refractivity contribution in [1.82, 2.24) is 10.2 Å². The van der Waals surface area contributed by atoms with Gasteiger partial charge in [0, 0.05) is 29.5 Å². The monoisotopic (exact) mass is 373 g/mol. The van der Waals surface area contributed by atoms with Crippen molar-refractivity contribution in [3.8, 4) is 0 Å². The third-order valence-electron chi connectivity index (χ3n) is 5.50. The van der Waals surface area contributed by atoms with Crippen molar-refractivity contribution in [1.29, 1.82) is 0 Å². The Morgan fingerprint density at radius 3 is 2.62 bits per heavy atom. The molecule has 2 bridgehead atoms. The highest BCUT2D eigenvalue weighted by Crippen LogP contribution is 2.35. The van der Waals surface area contributed by atoms with Crippen LogP contribution in [0.2, 0.25) is 0 Å². The number of amides is 2. The predicted octanol–water partition coefficient (Wildman–Crippen LogP) is 4.59. The van der Waals surface area contributed by atoms with Gasteiger partial charge in [-0.25, -0.2) is 9.18 Å². The second-order valence-corrected chi connectivity index (χ2v) is 8.27. The maximum atomic E-state index is 13.7. The molecule has 2 unspecified atom stereocenters. The van der Waals surface area contributed by atoms with E-state index in [1.807, 2.05) is 11.3 Å². The SMILES string of the molecule is O=C(Nc1ccccc1F)NC1CC2CCCC(C1)N2Cc1cccs1. The number of benzene rings is 1. The lowest BCUT2D eigenvalue weighted by atomic mass is 9.81. The molecule has 0 aliphatic carbocycles. The van der Waals surface area contributed by atoms with Gasteiger partial charge < -0.3 is 10.6 Å². The van der Waals surface area contributed by atoms with E-state index in [1.165, 1.54) is 30.2 Å². The molecular formula is C20H24FN3OS. The van der Waals surface area contributed by atoms with Gasteiger partial charge in [-0.2, -0.15) is 0 Å². The van der Waals surface area contributed by atoms with E-state index in [0.29, 0.717) is 12.1 Å². The van der Waals surface area contributed by atoms with E-state index < -0.39 is 5.82 Å². The van der Waals surface area contributed by atoms with Crippen LogP contribution < -0.4 is 10.6 Å². The molecule has 4 nitrogen and oxygen atoms in total. The number of anilines is 1. The highest BCUT2D eigenvalue weighted by Gasteiger charge is 2.38. The van der Waals surface area contributed by atoms with Gasteiger partial charge in [-0.05, 0) is 49.3 Å². The molecule has 2 aliphatic rings. The molecule has 2 amide bonds. The minimum absolute atomic E-state index is 0.150. The standard InChI is InChI=1S/C20H24FN3OS/c21-18-8-1-2-9-19(18)23-20(25)22-14-11-15-5-3-6-16(12-14)24(15)13-17-7-4-10-26-17/h1-2,4,7-10,14-16H,3,5-6,11-13H2,(H2,22,23,25). The van der Waals surface area contributed by atoms with E-state index in [0.717, 1.165) is 19.4 Å². The van der Waals surface area contributed by atoms with Crippen molar-refractivity contribution in [2.24, 2.45) is 0 Å². The predicted molar refractivity (Wildman–Crippen MR) is 103 cm³/mol. The maximum absolute atomic E-state index is 13.7. The van der Waals surface area contributed by atoms with Crippen molar-refractivity contribution in [3.63, 3.8) is 0 Å². The highest BCUT2D eigenvalue weighted by molar-refractivity contribution is 7.09. The Bertz CT molecular complexity index is 737. The first-order valence-electron chi connectivity index (χ1n) is 9.29. The number of hydrogen-bond donors (Lipinski definition) is 2. The topological polar surface area (TPSA) is 44.4 Å². The van der Waals surface area contributed by atoms with Gasteiger partial charge in [-0.3, -0.25) is 4.90 Å². The van der Waals surface area contributed by atoms with E-state index in [2.05, 4.69) is 33.0 Å². The summed E-state index contributed by atoms with van der Waals surface area (Å²) in [5.41, 5.74) is 0.223. The molecule has 2 aromatic rings. The molecule has 0 spiro atoms. The first kappa shape index (κ1) is 17.5. The fourth-order valence-electron chi connectivity index (χ4n) is 4.34.